The number of ether oxygens (including phenoxy) is 1. The third-order valence-corrected chi connectivity index (χ3v) is 2.47. The summed E-state index contributed by atoms with van der Waals surface area (Å²) in [5.41, 5.74) is 0.580. The Morgan fingerprint density at radius 3 is 3.15 bits per heavy atom. The van der Waals surface area contributed by atoms with E-state index in [9.17, 15) is 4.79 Å². The average Bonchev–Trinajstić information content (AvgIpc) is 2.98. The van der Waals surface area contributed by atoms with E-state index in [1.165, 1.54) is 17.3 Å². The zero-order valence-corrected chi connectivity index (χ0v) is 11.1. The molecule has 2 heterocycles. The predicted octanol–water partition coefficient (Wildman–Crippen LogP) is -0.163. The van der Waals surface area contributed by atoms with E-state index in [4.69, 9.17) is 4.74 Å². The molecule has 0 atom stereocenters. The number of hydrogen-bond donors (Lipinski definition) is 2. The Kier molecular flexibility index (Phi) is 5.15. The van der Waals surface area contributed by atoms with Crippen LogP contribution < -0.4 is 10.6 Å². The van der Waals surface area contributed by atoms with E-state index in [1.54, 1.807) is 25.4 Å². The van der Waals surface area contributed by atoms with Gasteiger partial charge < -0.3 is 15.4 Å². The summed E-state index contributed by atoms with van der Waals surface area (Å²) >= 11 is 0. The van der Waals surface area contributed by atoms with Crippen LogP contribution in [0.15, 0.2) is 31.0 Å². The maximum absolute atomic E-state index is 11.8. The minimum Gasteiger partial charge on any atom is -0.383 e. The highest BCUT2D eigenvalue weighted by Gasteiger charge is 2.09. The van der Waals surface area contributed by atoms with Crippen LogP contribution in [0.2, 0.25) is 0 Å². The van der Waals surface area contributed by atoms with Crippen molar-refractivity contribution in [2.45, 2.75) is 0 Å². The van der Waals surface area contributed by atoms with E-state index in [1.807, 2.05) is 0 Å². The zero-order valence-electron chi connectivity index (χ0n) is 11.1. The Labute approximate surface area is 116 Å². The Morgan fingerprint density at radius 1 is 1.50 bits per heavy atom. The van der Waals surface area contributed by atoms with Gasteiger partial charge in [0.1, 0.15) is 12.7 Å². The van der Waals surface area contributed by atoms with E-state index in [0.717, 1.165) is 0 Å². The zero-order chi connectivity index (χ0) is 14.2. The van der Waals surface area contributed by atoms with Gasteiger partial charge in [-0.1, -0.05) is 0 Å². The van der Waals surface area contributed by atoms with E-state index in [-0.39, 0.29) is 12.5 Å². The third kappa shape index (κ3) is 3.84. The van der Waals surface area contributed by atoms with Crippen molar-refractivity contribution in [3.05, 3.63) is 31.0 Å². The molecule has 0 aromatic carbocycles. The van der Waals surface area contributed by atoms with Crippen molar-refractivity contribution in [2.75, 3.05) is 32.1 Å². The summed E-state index contributed by atoms with van der Waals surface area (Å²) in [5.74, 6) is 0.366. The Balaban J connectivity index is 1.97. The topological polar surface area (TPSA) is 94.0 Å². The Morgan fingerprint density at radius 2 is 2.40 bits per heavy atom. The van der Waals surface area contributed by atoms with Crippen LogP contribution in [0.4, 0.5) is 5.69 Å². The summed E-state index contributed by atoms with van der Waals surface area (Å²) in [5, 5.41) is 9.75. The molecule has 1 amide bonds. The fraction of sp³-hybridized carbons (Fsp3) is 0.333. The van der Waals surface area contributed by atoms with Crippen molar-refractivity contribution >= 4 is 11.6 Å². The molecule has 2 aromatic heterocycles. The molecular weight excluding hydrogens is 260 g/mol. The number of hydrogen-bond acceptors (Lipinski definition) is 6. The second-order valence-corrected chi connectivity index (χ2v) is 3.93. The van der Waals surface area contributed by atoms with E-state index in [2.05, 4.69) is 25.7 Å². The summed E-state index contributed by atoms with van der Waals surface area (Å²) in [6, 6.07) is 3.51. The highest BCUT2D eigenvalue weighted by molar-refractivity contribution is 5.93. The van der Waals surface area contributed by atoms with Gasteiger partial charge >= 0.3 is 0 Å². The summed E-state index contributed by atoms with van der Waals surface area (Å²) in [4.78, 5) is 19.9. The first kappa shape index (κ1) is 14.1. The molecule has 2 N–H and O–H groups in total. The molecule has 0 aliphatic heterocycles. The fourth-order valence-electron chi connectivity index (χ4n) is 1.57. The largest absolute Gasteiger partial charge is 0.383 e. The number of amides is 1. The van der Waals surface area contributed by atoms with Crippen LogP contribution in [0.25, 0.3) is 5.82 Å². The molecule has 8 heteroatoms. The first-order valence-corrected chi connectivity index (χ1v) is 6.11. The highest BCUT2D eigenvalue weighted by atomic mass is 16.5. The van der Waals surface area contributed by atoms with Crippen molar-refractivity contribution in [3.8, 4) is 5.82 Å². The van der Waals surface area contributed by atoms with Gasteiger partial charge in [0, 0.05) is 19.9 Å². The van der Waals surface area contributed by atoms with Crippen LogP contribution in [0.3, 0.4) is 0 Å². The predicted molar refractivity (Wildman–Crippen MR) is 72.5 cm³/mol. The van der Waals surface area contributed by atoms with Gasteiger partial charge in [0.15, 0.2) is 5.82 Å². The van der Waals surface area contributed by atoms with Gasteiger partial charge in [0.25, 0.3) is 0 Å². The monoisotopic (exact) mass is 276 g/mol. The summed E-state index contributed by atoms with van der Waals surface area (Å²) in [6.45, 7) is 1.38. The molecule has 20 heavy (non-hydrogen) atoms. The lowest BCUT2D eigenvalue weighted by Crippen LogP contribution is -2.30. The maximum atomic E-state index is 11.8. The minimum atomic E-state index is -0.157. The molecule has 8 nitrogen and oxygen atoms in total. The average molecular weight is 276 g/mol. The molecule has 2 aromatic rings. The summed E-state index contributed by atoms with van der Waals surface area (Å²) in [7, 11) is 1.61. The molecule has 0 fully saturated rings. The maximum Gasteiger partial charge on any atom is 0.238 e. The van der Waals surface area contributed by atoms with Crippen LogP contribution >= 0.6 is 0 Å². The standard InChI is InChI=1S/C12H16N6O2/c1-20-6-5-13-7-11(19)17-10-3-2-4-15-12(10)18-9-14-8-16-18/h2-4,8-9,13H,5-7H2,1H3,(H,17,19). The number of aromatic nitrogens is 4. The molecule has 0 saturated carbocycles. The number of methoxy groups -OCH3 is 1. The quantitative estimate of drug-likeness (QED) is 0.682. The second-order valence-electron chi connectivity index (χ2n) is 3.93. The highest BCUT2D eigenvalue weighted by Crippen LogP contribution is 2.15. The third-order valence-electron chi connectivity index (χ3n) is 2.47. The van der Waals surface area contributed by atoms with Crippen molar-refractivity contribution in [3.63, 3.8) is 0 Å². The lowest BCUT2D eigenvalue weighted by Gasteiger charge is -2.10. The lowest BCUT2D eigenvalue weighted by atomic mass is 10.3. The minimum absolute atomic E-state index is 0.157. The van der Waals surface area contributed by atoms with Crippen LogP contribution in [0.1, 0.15) is 0 Å². The molecule has 0 radical (unpaired) electrons. The van der Waals surface area contributed by atoms with Crippen LogP contribution in [-0.2, 0) is 9.53 Å². The molecule has 0 aliphatic carbocycles. The summed E-state index contributed by atoms with van der Waals surface area (Å²) < 4.78 is 6.38. The molecule has 0 bridgehead atoms. The van der Waals surface area contributed by atoms with Gasteiger partial charge in [-0.15, -0.1) is 0 Å². The van der Waals surface area contributed by atoms with E-state index >= 15 is 0 Å². The van der Waals surface area contributed by atoms with Crippen LogP contribution in [-0.4, -0.2) is 52.5 Å². The lowest BCUT2D eigenvalue weighted by molar-refractivity contribution is -0.115. The number of carbonyl (C=O) groups excluding carboxylic acids is 1. The van der Waals surface area contributed by atoms with Crippen molar-refractivity contribution in [1.29, 1.82) is 0 Å². The second kappa shape index (κ2) is 7.31. The number of nitrogens with one attached hydrogen (secondary N) is 2. The number of nitrogens with zero attached hydrogens (tertiary/aromatic N) is 4. The van der Waals surface area contributed by atoms with Crippen molar-refractivity contribution in [1.82, 2.24) is 25.1 Å². The molecule has 0 saturated heterocycles. The number of pyridine rings is 1. The number of carbonyl (C=O) groups is 1. The first-order valence-electron chi connectivity index (χ1n) is 6.11. The van der Waals surface area contributed by atoms with E-state index in [0.29, 0.717) is 24.7 Å². The molecule has 2 rings (SSSR count). The van der Waals surface area contributed by atoms with E-state index < -0.39 is 0 Å². The molecule has 106 valence electrons. The normalized spacial score (nSPS) is 10.4. The van der Waals surface area contributed by atoms with Crippen LogP contribution in [0, 0.1) is 0 Å². The molecule has 0 aliphatic rings. The molecule has 0 spiro atoms. The van der Waals surface area contributed by atoms with Gasteiger partial charge in [-0.2, -0.15) is 5.10 Å². The van der Waals surface area contributed by atoms with Crippen molar-refractivity contribution in [2.24, 2.45) is 0 Å². The fourth-order valence-corrected chi connectivity index (χ4v) is 1.57. The number of anilines is 1. The van der Waals surface area contributed by atoms with Gasteiger partial charge in [-0.05, 0) is 12.1 Å². The van der Waals surface area contributed by atoms with Gasteiger partial charge in [-0.3, -0.25) is 4.79 Å². The number of rotatable bonds is 7. The van der Waals surface area contributed by atoms with Crippen molar-refractivity contribution < 1.29 is 9.53 Å². The van der Waals surface area contributed by atoms with Gasteiger partial charge in [0.05, 0.1) is 18.8 Å². The summed E-state index contributed by atoms with van der Waals surface area (Å²) in [6.07, 6.45) is 4.56. The first-order chi connectivity index (χ1) is 9.81. The smallest absolute Gasteiger partial charge is 0.238 e. The van der Waals surface area contributed by atoms with Crippen LogP contribution in [0.5, 0.6) is 0 Å². The van der Waals surface area contributed by atoms with Gasteiger partial charge in [0.2, 0.25) is 5.91 Å². The SMILES string of the molecule is COCCNCC(=O)Nc1cccnc1-n1cncn1. The Bertz CT molecular complexity index is 543. The molecular formula is C12H16N6O2. The molecule has 0 unspecified atom stereocenters. The van der Waals surface area contributed by atoms with Gasteiger partial charge in [-0.25, -0.2) is 14.6 Å². The Hall–Kier alpha value is -2.32.